The summed E-state index contributed by atoms with van der Waals surface area (Å²) < 4.78 is 0. The number of nitrogens with one attached hydrogen (secondary N) is 1. The zero-order chi connectivity index (χ0) is 13.7. The molecule has 1 aromatic rings. The fourth-order valence-corrected chi connectivity index (χ4v) is 1.85. The van der Waals surface area contributed by atoms with Gasteiger partial charge in [0.05, 0.1) is 0 Å². The highest BCUT2D eigenvalue weighted by atomic mass is 35.5. The van der Waals surface area contributed by atoms with Gasteiger partial charge in [0, 0.05) is 19.2 Å². The average molecular weight is 271 g/mol. The third-order valence-electron chi connectivity index (χ3n) is 2.82. The number of halogens is 1. The van der Waals surface area contributed by atoms with Crippen LogP contribution in [0.1, 0.15) is 26.3 Å². The lowest BCUT2D eigenvalue weighted by Gasteiger charge is -2.21. The highest BCUT2D eigenvalue weighted by Gasteiger charge is 2.18. The Labute approximate surface area is 113 Å². The molecule has 6 heteroatoms. The smallest absolute Gasteiger partial charge is 0.244 e. The van der Waals surface area contributed by atoms with Crippen molar-refractivity contribution in [3.63, 3.8) is 0 Å². The Balaban J connectivity index is 2.85. The second-order valence-electron chi connectivity index (χ2n) is 4.06. The fraction of sp³-hybridized carbons (Fsp3) is 0.583. The predicted molar refractivity (Wildman–Crippen MR) is 72.8 cm³/mol. The molecule has 0 saturated heterocycles. The normalized spacial score (nSPS) is 12.1. The van der Waals surface area contributed by atoms with Crippen LogP contribution in [-0.2, 0) is 11.2 Å². The molecule has 0 spiro atoms. The molecule has 100 valence electrons. The van der Waals surface area contributed by atoms with Crippen molar-refractivity contribution in [1.29, 1.82) is 0 Å². The lowest BCUT2D eigenvalue weighted by atomic mass is 10.2. The Morgan fingerprint density at radius 3 is 2.72 bits per heavy atom. The summed E-state index contributed by atoms with van der Waals surface area (Å²) in [6.45, 7) is 6.39. The number of carbonyl (C=O) groups is 1. The number of hydrogen-bond donors (Lipinski definition) is 1. The van der Waals surface area contributed by atoms with Gasteiger partial charge in [-0.3, -0.25) is 4.79 Å². The van der Waals surface area contributed by atoms with Crippen LogP contribution in [0, 0.1) is 0 Å². The van der Waals surface area contributed by atoms with E-state index in [1.807, 2.05) is 20.8 Å². The lowest BCUT2D eigenvalue weighted by Crippen LogP contribution is -2.39. The largest absolute Gasteiger partial charge is 0.358 e. The second-order valence-corrected chi connectivity index (χ2v) is 4.42. The first-order valence-electron chi connectivity index (χ1n) is 6.02. The van der Waals surface area contributed by atoms with Gasteiger partial charge in [0.15, 0.2) is 0 Å². The van der Waals surface area contributed by atoms with E-state index in [1.54, 1.807) is 11.9 Å². The summed E-state index contributed by atoms with van der Waals surface area (Å²) in [5.41, 5.74) is 0.831. The van der Waals surface area contributed by atoms with Crippen LogP contribution < -0.4 is 5.32 Å². The van der Waals surface area contributed by atoms with E-state index in [9.17, 15) is 4.79 Å². The first-order valence-corrected chi connectivity index (χ1v) is 6.39. The zero-order valence-corrected chi connectivity index (χ0v) is 12.0. The second kappa shape index (κ2) is 6.54. The van der Waals surface area contributed by atoms with Gasteiger partial charge in [0.25, 0.3) is 0 Å². The van der Waals surface area contributed by atoms with Crippen molar-refractivity contribution in [3.8, 4) is 0 Å². The number of amides is 1. The quantitative estimate of drug-likeness (QED) is 0.831. The lowest BCUT2D eigenvalue weighted by molar-refractivity contribution is -0.130. The van der Waals surface area contributed by atoms with Gasteiger partial charge in [-0.1, -0.05) is 18.5 Å². The summed E-state index contributed by atoms with van der Waals surface area (Å²) in [7, 11) is 1.77. The van der Waals surface area contributed by atoms with Gasteiger partial charge in [-0.25, -0.2) is 9.97 Å². The molecule has 1 aromatic heterocycles. The molecule has 1 atom stereocenters. The molecule has 0 aliphatic rings. The molecule has 0 bridgehead atoms. The van der Waals surface area contributed by atoms with Crippen LogP contribution in [0.15, 0.2) is 6.33 Å². The zero-order valence-electron chi connectivity index (χ0n) is 11.2. The average Bonchev–Trinajstić information content (AvgIpc) is 2.37. The van der Waals surface area contributed by atoms with Crippen LogP contribution in [0.25, 0.3) is 0 Å². The topological polar surface area (TPSA) is 58.1 Å². The molecule has 0 aromatic carbocycles. The van der Waals surface area contributed by atoms with Gasteiger partial charge < -0.3 is 10.2 Å². The van der Waals surface area contributed by atoms with E-state index in [4.69, 9.17) is 11.6 Å². The fourth-order valence-electron chi connectivity index (χ4n) is 1.58. The van der Waals surface area contributed by atoms with Crippen LogP contribution in [0.5, 0.6) is 0 Å². The summed E-state index contributed by atoms with van der Waals surface area (Å²) >= 11 is 6.00. The molecule has 1 heterocycles. The molecular formula is C12H19ClN4O. The van der Waals surface area contributed by atoms with Gasteiger partial charge in [0.1, 0.15) is 23.3 Å². The highest BCUT2D eigenvalue weighted by molar-refractivity contribution is 6.30. The first-order chi connectivity index (χ1) is 8.51. The van der Waals surface area contributed by atoms with E-state index in [2.05, 4.69) is 15.3 Å². The highest BCUT2D eigenvalue weighted by Crippen LogP contribution is 2.20. The molecule has 1 rings (SSSR count). The van der Waals surface area contributed by atoms with Gasteiger partial charge in [-0.05, 0) is 20.3 Å². The molecule has 5 nitrogen and oxygen atoms in total. The van der Waals surface area contributed by atoms with Crippen LogP contribution in [-0.4, -0.2) is 40.4 Å². The standard InChI is InChI=1S/C12H19ClN4O/c1-5-9-10(13)14-7-15-11(9)16-8(3)12(18)17(4)6-2/h7-8H,5-6H2,1-4H3,(H,14,15,16). The van der Waals surface area contributed by atoms with Crippen molar-refractivity contribution >= 4 is 23.3 Å². The van der Waals surface area contributed by atoms with Crippen LogP contribution in [0.3, 0.4) is 0 Å². The van der Waals surface area contributed by atoms with Crippen molar-refractivity contribution in [1.82, 2.24) is 14.9 Å². The summed E-state index contributed by atoms with van der Waals surface area (Å²) in [5.74, 6) is 0.650. The van der Waals surface area contributed by atoms with E-state index in [0.29, 0.717) is 23.9 Å². The van der Waals surface area contributed by atoms with Crippen LogP contribution in [0.4, 0.5) is 5.82 Å². The minimum absolute atomic E-state index is 0.0225. The summed E-state index contributed by atoms with van der Waals surface area (Å²) in [5, 5.41) is 3.52. The summed E-state index contributed by atoms with van der Waals surface area (Å²) in [4.78, 5) is 21.7. The van der Waals surface area contributed by atoms with E-state index in [-0.39, 0.29) is 11.9 Å². The van der Waals surface area contributed by atoms with E-state index in [1.165, 1.54) is 6.33 Å². The van der Waals surface area contributed by atoms with Crippen molar-refractivity contribution in [2.24, 2.45) is 0 Å². The molecule has 0 saturated carbocycles. The maximum Gasteiger partial charge on any atom is 0.244 e. The number of nitrogens with zero attached hydrogens (tertiary/aromatic N) is 3. The summed E-state index contributed by atoms with van der Waals surface area (Å²) in [6.07, 6.45) is 2.11. The van der Waals surface area contributed by atoms with Crippen LogP contribution in [0.2, 0.25) is 5.15 Å². The maximum atomic E-state index is 12.0. The minimum atomic E-state index is -0.341. The van der Waals surface area contributed by atoms with Crippen molar-refractivity contribution < 1.29 is 4.79 Å². The predicted octanol–water partition coefficient (Wildman–Crippen LogP) is 1.97. The monoisotopic (exact) mass is 270 g/mol. The molecule has 18 heavy (non-hydrogen) atoms. The molecule has 0 radical (unpaired) electrons. The minimum Gasteiger partial charge on any atom is -0.358 e. The Bertz CT molecular complexity index is 425. The number of carbonyl (C=O) groups excluding carboxylic acids is 1. The molecule has 0 aliphatic carbocycles. The number of likely N-dealkylation sites (N-methyl/N-ethyl adjacent to an activating group) is 1. The first kappa shape index (κ1) is 14.7. The van der Waals surface area contributed by atoms with E-state index in [0.717, 1.165) is 5.56 Å². The Morgan fingerprint density at radius 2 is 2.17 bits per heavy atom. The van der Waals surface area contributed by atoms with Crippen molar-refractivity contribution in [3.05, 3.63) is 17.0 Å². The Morgan fingerprint density at radius 1 is 1.50 bits per heavy atom. The SMILES string of the molecule is CCc1c(Cl)ncnc1NC(C)C(=O)N(C)CC. The van der Waals surface area contributed by atoms with Gasteiger partial charge in [-0.15, -0.1) is 0 Å². The third kappa shape index (κ3) is 3.32. The number of rotatable bonds is 5. The third-order valence-corrected chi connectivity index (χ3v) is 3.15. The maximum absolute atomic E-state index is 12.0. The van der Waals surface area contributed by atoms with Crippen molar-refractivity contribution in [2.75, 3.05) is 18.9 Å². The van der Waals surface area contributed by atoms with Gasteiger partial charge in [0.2, 0.25) is 5.91 Å². The molecule has 0 fully saturated rings. The molecule has 1 amide bonds. The Kier molecular flexibility index (Phi) is 5.34. The van der Waals surface area contributed by atoms with Gasteiger partial charge >= 0.3 is 0 Å². The van der Waals surface area contributed by atoms with Crippen molar-refractivity contribution in [2.45, 2.75) is 33.2 Å². The Hall–Kier alpha value is -1.36. The summed E-state index contributed by atoms with van der Waals surface area (Å²) in [6, 6.07) is -0.341. The molecule has 1 N–H and O–H groups in total. The number of anilines is 1. The van der Waals surface area contributed by atoms with E-state index >= 15 is 0 Å². The molecule has 1 unspecified atom stereocenters. The molecule has 0 aliphatic heterocycles. The van der Waals surface area contributed by atoms with E-state index < -0.39 is 0 Å². The molecular weight excluding hydrogens is 252 g/mol. The number of hydrogen-bond acceptors (Lipinski definition) is 4. The van der Waals surface area contributed by atoms with Crippen LogP contribution >= 0.6 is 11.6 Å². The number of aromatic nitrogens is 2. The van der Waals surface area contributed by atoms with Gasteiger partial charge in [-0.2, -0.15) is 0 Å².